The molecule has 1 heterocycles. The largest absolute Gasteiger partial charge is 0.371 e. The van der Waals surface area contributed by atoms with Crippen LogP contribution in [0.1, 0.15) is 37.3 Å². The number of hydrogen-bond donors (Lipinski definition) is 2. The number of carbonyl (C=O) groups is 1. The molecule has 0 aromatic heterocycles. The second-order valence-corrected chi connectivity index (χ2v) is 5.98. The van der Waals surface area contributed by atoms with Crippen LogP contribution in [0.4, 0.5) is 5.69 Å². The second-order valence-electron chi connectivity index (χ2n) is 5.98. The quantitative estimate of drug-likeness (QED) is 0.789. The summed E-state index contributed by atoms with van der Waals surface area (Å²) in [5.74, 6) is -0.179. The highest BCUT2D eigenvalue weighted by Crippen LogP contribution is 2.25. The van der Waals surface area contributed by atoms with Crippen molar-refractivity contribution < 1.29 is 4.79 Å². The first-order valence-corrected chi connectivity index (χ1v) is 7.96. The lowest BCUT2D eigenvalue weighted by Crippen LogP contribution is -2.41. The minimum atomic E-state index is -0.170. The Kier molecular flexibility index (Phi) is 5.62. The summed E-state index contributed by atoms with van der Waals surface area (Å²) in [5.41, 5.74) is 9.31. The van der Waals surface area contributed by atoms with E-state index in [2.05, 4.69) is 42.3 Å². The summed E-state index contributed by atoms with van der Waals surface area (Å²) in [4.78, 5) is 13.7. The van der Waals surface area contributed by atoms with E-state index in [4.69, 9.17) is 5.73 Å². The van der Waals surface area contributed by atoms with Crippen molar-refractivity contribution in [2.45, 2.75) is 39.7 Å². The molecular formula is C17H27N3O. The normalized spacial score (nSPS) is 18.8. The van der Waals surface area contributed by atoms with E-state index in [1.807, 2.05) is 0 Å². The minimum absolute atomic E-state index is 0.00930. The van der Waals surface area contributed by atoms with Crippen molar-refractivity contribution in [2.75, 3.05) is 24.5 Å². The fraction of sp³-hybridized carbons (Fsp3) is 0.588. The van der Waals surface area contributed by atoms with Crippen LogP contribution in [0.2, 0.25) is 0 Å². The minimum Gasteiger partial charge on any atom is -0.371 e. The highest BCUT2D eigenvalue weighted by atomic mass is 16.1. The molecule has 3 N–H and O–H groups in total. The third-order valence-electron chi connectivity index (χ3n) is 4.26. The molecule has 4 nitrogen and oxygen atoms in total. The summed E-state index contributed by atoms with van der Waals surface area (Å²) in [7, 11) is 0. The SMILES string of the molecule is CCCNCc1ccc(N2CCCC(C(N)=O)C2)cc1C. The molecule has 0 spiro atoms. The van der Waals surface area contributed by atoms with Crippen molar-refractivity contribution in [3.05, 3.63) is 29.3 Å². The zero-order valence-electron chi connectivity index (χ0n) is 13.2. The molecule has 1 fully saturated rings. The Bertz CT molecular complexity index is 487. The molecule has 0 aliphatic carbocycles. The molecule has 1 aromatic rings. The van der Waals surface area contributed by atoms with Gasteiger partial charge in [-0.25, -0.2) is 0 Å². The highest BCUT2D eigenvalue weighted by Gasteiger charge is 2.24. The van der Waals surface area contributed by atoms with Gasteiger partial charge in [-0.2, -0.15) is 0 Å². The average Bonchev–Trinajstić information content (AvgIpc) is 2.49. The van der Waals surface area contributed by atoms with E-state index in [1.54, 1.807) is 0 Å². The van der Waals surface area contributed by atoms with Crippen molar-refractivity contribution in [1.29, 1.82) is 0 Å². The van der Waals surface area contributed by atoms with Gasteiger partial charge in [0.1, 0.15) is 0 Å². The van der Waals surface area contributed by atoms with Crippen molar-refractivity contribution in [3.8, 4) is 0 Å². The Morgan fingerprint density at radius 1 is 1.48 bits per heavy atom. The Balaban J connectivity index is 2.03. The molecule has 0 radical (unpaired) electrons. The van der Waals surface area contributed by atoms with Crippen LogP contribution in [0, 0.1) is 12.8 Å². The van der Waals surface area contributed by atoms with Crippen LogP contribution in [-0.4, -0.2) is 25.5 Å². The Morgan fingerprint density at radius 2 is 2.29 bits per heavy atom. The molecule has 0 bridgehead atoms. The lowest BCUT2D eigenvalue weighted by atomic mass is 9.96. The molecule has 1 aliphatic heterocycles. The summed E-state index contributed by atoms with van der Waals surface area (Å²) in [6.07, 6.45) is 3.11. The number of carbonyl (C=O) groups excluding carboxylic acids is 1. The van der Waals surface area contributed by atoms with Crippen LogP contribution in [-0.2, 0) is 11.3 Å². The topological polar surface area (TPSA) is 58.4 Å². The molecule has 2 rings (SSSR count). The van der Waals surface area contributed by atoms with E-state index in [-0.39, 0.29) is 11.8 Å². The van der Waals surface area contributed by atoms with Crippen molar-refractivity contribution >= 4 is 11.6 Å². The number of rotatable bonds is 6. The number of benzene rings is 1. The van der Waals surface area contributed by atoms with Crippen molar-refractivity contribution in [2.24, 2.45) is 11.7 Å². The first-order valence-electron chi connectivity index (χ1n) is 7.96. The van der Waals surface area contributed by atoms with Gasteiger partial charge in [0, 0.05) is 25.3 Å². The van der Waals surface area contributed by atoms with Crippen LogP contribution in [0.25, 0.3) is 0 Å². The number of nitrogens with two attached hydrogens (primary N) is 1. The highest BCUT2D eigenvalue weighted by molar-refractivity contribution is 5.77. The molecular weight excluding hydrogens is 262 g/mol. The number of hydrogen-bond acceptors (Lipinski definition) is 3. The fourth-order valence-corrected chi connectivity index (χ4v) is 2.92. The maximum Gasteiger partial charge on any atom is 0.222 e. The number of nitrogens with one attached hydrogen (secondary N) is 1. The lowest BCUT2D eigenvalue weighted by molar-refractivity contribution is -0.122. The molecule has 1 aromatic carbocycles. The van der Waals surface area contributed by atoms with E-state index in [0.717, 1.165) is 45.4 Å². The van der Waals surface area contributed by atoms with Gasteiger partial charge in [-0.15, -0.1) is 0 Å². The van der Waals surface area contributed by atoms with Gasteiger partial charge in [0.25, 0.3) is 0 Å². The van der Waals surface area contributed by atoms with E-state index < -0.39 is 0 Å². The predicted octanol–water partition coefficient (Wildman–Crippen LogP) is 2.20. The Morgan fingerprint density at radius 3 is 2.95 bits per heavy atom. The monoisotopic (exact) mass is 289 g/mol. The van der Waals surface area contributed by atoms with Crippen molar-refractivity contribution in [1.82, 2.24) is 5.32 Å². The van der Waals surface area contributed by atoms with Gasteiger partial charge >= 0.3 is 0 Å². The molecule has 1 unspecified atom stereocenters. The smallest absolute Gasteiger partial charge is 0.222 e. The first-order chi connectivity index (χ1) is 10.1. The van der Waals surface area contributed by atoms with Crippen molar-refractivity contribution in [3.63, 3.8) is 0 Å². The number of nitrogens with zero attached hydrogens (tertiary/aromatic N) is 1. The van der Waals surface area contributed by atoms with Crippen LogP contribution in [0.15, 0.2) is 18.2 Å². The zero-order chi connectivity index (χ0) is 15.2. The molecule has 1 amide bonds. The van der Waals surface area contributed by atoms with E-state index in [0.29, 0.717) is 0 Å². The van der Waals surface area contributed by atoms with Gasteiger partial charge in [-0.1, -0.05) is 13.0 Å². The maximum atomic E-state index is 11.4. The van der Waals surface area contributed by atoms with Crippen LogP contribution < -0.4 is 16.0 Å². The summed E-state index contributed by atoms with van der Waals surface area (Å²) < 4.78 is 0. The lowest BCUT2D eigenvalue weighted by Gasteiger charge is -2.33. The molecule has 116 valence electrons. The number of primary amides is 1. The standard InChI is InChI=1S/C17H27N3O/c1-3-8-19-11-14-6-7-16(10-13(14)2)20-9-4-5-15(12-20)17(18)21/h6-7,10,15,19H,3-5,8-9,11-12H2,1-2H3,(H2,18,21). The number of piperidine rings is 1. The summed E-state index contributed by atoms with van der Waals surface area (Å²) >= 11 is 0. The summed E-state index contributed by atoms with van der Waals surface area (Å²) in [5, 5.41) is 3.44. The molecule has 21 heavy (non-hydrogen) atoms. The van der Waals surface area contributed by atoms with Gasteiger partial charge in [0.2, 0.25) is 5.91 Å². The average molecular weight is 289 g/mol. The van der Waals surface area contributed by atoms with E-state index in [9.17, 15) is 4.79 Å². The fourth-order valence-electron chi connectivity index (χ4n) is 2.92. The van der Waals surface area contributed by atoms with Gasteiger partial charge in [0.05, 0.1) is 5.92 Å². The molecule has 4 heteroatoms. The van der Waals surface area contributed by atoms with Gasteiger partial charge in [-0.05, 0) is 56.0 Å². The number of amides is 1. The summed E-state index contributed by atoms with van der Waals surface area (Å²) in [6.45, 7) is 8.06. The third kappa shape index (κ3) is 4.21. The van der Waals surface area contributed by atoms with Gasteiger partial charge < -0.3 is 16.0 Å². The Hall–Kier alpha value is -1.55. The molecule has 1 atom stereocenters. The molecule has 1 aliphatic rings. The van der Waals surface area contributed by atoms with Crippen LogP contribution in [0.3, 0.4) is 0 Å². The van der Waals surface area contributed by atoms with Gasteiger partial charge in [0.15, 0.2) is 0 Å². The predicted molar refractivity (Wildman–Crippen MR) is 87.3 cm³/mol. The zero-order valence-corrected chi connectivity index (χ0v) is 13.2. The van der Waals surface area contributed by atoms with E-state index in [1.165, 1.54) is 16.8 Å². The first kappa shape index (κ1) is 15.8. The number of anilines is 1. The molecule has 0 saturated carbocycles. The second kappa shape index (κ2) is 7.46. The van der Waals surface area contributed by atoms with Gasteiger partial charge in [-0.3, -0.25) is 4.79 Å². The van der Waals surface area contributed by atoms with Crippen LogP contribution in [0.5, 0.6) is 0 Å². The van der Waals surface area contributed by atoms with Crippen LogP contribution >= 0.6 is 0 Å². The number of aryl methyl sites for hydroxylation is 1. The summed E-state index contributed by atoms with van der Waals surface area (Å²) in [6, 6.07) is 6.59. The third-order valence-corrected chi connectivity index (χ3v) is 4.26. The maximum absolute atomic E-state index is 11.4. The Labute approximate surface area is 127 Å². The van der Waals surface area contributed by atoms with E-state index >= 15 is 0 Å². The molecule has 1 saturated heterocycles.